The maximum absolute atomic E-state index is 14.3. The van der Waals surface area contributed by atoms with Crippen LogP contribution in [-0.2, 0) is 30.3 Å². The molecular weight excluding hydrogens is 570 g/mol. The van der Waals surface area contributed by atoms with E-state index in [1.807, 2.05) is 32.9 Å². The molecule has 0 bridgehead atoms. The van der Waals surface area contributed by atoms with Crippen molar-refractivity contribution in [3.63, 3.8) is 0 Å². The Morgan fingerprint density at radius 1 is 1.13 bits per heavy atom. The number of fused-ring (bicyclic) bond motifs is 3. The number of hydrogen-bond acceptors (Lipinski definition) is 7. The summed E-state index contributed by atoms with van der Waals surface area (Å²) in [6, 6.07) is 7.63. The first-order chi connectivity index (χ1) is 21.5. The molecule has 3 atom stereocenters. The van der Waals surface area contributed by atoms with E-state index in [1.54, 1.807) is 12.0 Å². The number of aryl methyl sites for hydroxylation is 1. The quantitative estimate of drug-likeness (QED) is 0.143. The summed E-state index contributed by atoms with van der Waals surface area (Å²) in [5.41, 5.74) is 1.000. The Labute approximate surface area is 267 Å². The predicted molar refractivity (Wildman–Crippen MR) is 174 cm³/mol. The Hall–Kier alpha value is -3.55. The predicted octanol–water partition coefficient (Wildman–Crippen LogP) is 7.05. The van der Waals surface area contributed by atoms with Crippen LogP contribution in [0.3, 0.4) is 0 Å². The number of amides is 1. The van der Waals surface area contributed by atoms with Gasteiger partial charge in [-0.15, -0.1) is 6.58 Å². The van der Waals surface area contributed by atoms with Gasteiger partial charge in [-0.05, 0) is 106 Å². The van der Waals surface area contributed by atoms with E-state index in [0.717, 1.165) is 61.8 Å². The van der Waals surface area contributed by atoms with E-state index in [0.29, 0.717) is 25.2 Å². The Balaban J connectivity index is 1.44. The molecule has 0 radical (unpaired) electrons. The molecule has 2 aromatic rings. The normalized spacial score (nSPS) is 21.6. The molecule has 8 heteroatoms. The maximum Gasteiger partial charge on any atom is 0.328 e. The molecule has 1 saturated heterocycles. The maximum atomic E-state index is 14.3. The van der Waals surface area contributed by atoms with Crippen LogP contribution in [0.1, 0.15) is 102 Å². The standard InChI is InChI=1S/C37H49NO7/c1-7-8-9-10-11-12-26(20-32(39)44-36(2,3)4)34(40)38-23-37(22-31(38)35(41)43-6)18-17-28-29-21-27(42-5)16-15-25(29)19-30(24-13-14-24)33(28)45-37/h7,15-16,19,21,24,26,31H,1,8-14,17-18,20,22-23H2,2-6H3/t26-,31+,37+/m1/s1. The van der Waals surface area contributed by atoms with Gasteiger partial charge in [-0.3, -0.25) is 9.59 Å². The lowest BCUT2D eigenvalue weighted by atomic mass is 9.85. The first-order valence-electron chi connectivity index (χ1n) is 16.5. The van der Waals surface area contributed by atoms with Crippen molar-refractivity contribution in [2.75, 3.05) is 20.8 Å². The van der Waals surface area contributed by atoms with Crippen molar-refractivity contribution in [2.45, 2.75) is 115 Å². The van der Waals surface area contributed by atoms with Gasteiger partial charge in [0.15, 0.2) is 0 Å². The van der Waals surface area contributed by atoms with E-state index in [9.17, 15) is 14.4 Å². The van der Waals surface area contributed by atoms with Crippen molar-refractivity contribution in [1.29, 1.82) is 0 Å². The lowest BCUT2D eigenvalue weighted by Crippen LogP contribution is -2.46. The highest BCUT2D eigenvalue weighted by Crippen LogP contribution is 2.52. The van der Waals surface area contributed by atoms with Gasteiger partial charge in [-0.25, -0.2) is 4.79 Å². The fourth-order valence-corrected chi connectivity index (χ4v) is 7.03. The number of unbranched alkanes of at least 4 members (excludes halogenated alkanes) is 3. The molecule has 0 aromatic heterocycles. The first kappa shape index (κ1) is 32.8. The van der Waals surface area contributed by atoms with Crippen molar-refractivity contribution in [2.24, 2.45) is 5.92 Å². The molecule has 8 nitrogen and oxygen atoms in total. The van der Waals surface area contributed by atoms with Gasteiger partial charge in [0, 0.05) is 17.9 Å². The molecule has 2 fully saturated rings. The molecule has 244 valence electrons. The summed E-state index contributed by atoms with van der Waals surface area (Å²) >= 11 is 0. The van der Waals surface area contributed by atoms with Crippen LogP contribution in [0.4, 0.5) is 0 Å². The molecule has 3 aliphatic rings. The van der Waals surface area contributed by atoms with Crippen LogP contribution in [0, 0.1) is 5.92 Å². The Morgan fingerprint density at radius 2 is 1.91 bits per heavy atom. The SMILES string of the molecule is C=CCCCCC[C@H](CC(=O)OC(C)(C)C)C(=O)N1C[C@]2(CCc3c(c(C4CC4)cc4ccc(OC)cc34)O2)C[C@H]1C(=O)OC. The summed E-state index contributed by atoms with van der Waals surface area (Å²) in [4.78, 5) is 42.1. The second-order valence-electron chi connectivity index (χ2n) is 14.0. The van der Waals surface area contributed by atoms with Crippen LogP contribution in [0.5, 0.6) is 11.5 Å². The number of carbonyl (C=O) groups is 3. The molecule has 2 aromatic carbocycles. The number of methoxy groups -OCH3 is 2. The number of carbonyl (C=O) groups excluding carboxylic acids is 3. The highest BCUT2D eigenvalue weighted by molar-refractivity contribution is 5.91. The van der Waals surface area contributed by atoms with Gasteiger partial charge in [-0.1, -0.05) is 25.0 Å². The average molecular weight is 620 g/mol. The summed E-state index contributed by atoms with van der Waals surface area (Å²) < 4.78 is 23.4. The van der Waals surface area contributed by atoms with Gasteiger partial charge < -0.3 is 23.8 Å². The van der Waals surface area contributed by atoms with Gasteiger partial charge in [0.2, 0.25) is 5.91 Å². The second kappa shape index (κ2) is 13.4. The Bertz CT molecular complexity index is 1440. The summed E-state index contributed by atoms with van der Waals surface area (Å²) in [6.07, 6.45) is 10.0. The number of benzene rings is 2. The number of hydrogen-bond donors (Lipinski definition) is 0. The summed E-state index contributed by atoms with van der Waals surface area (Å²) in [5, 5.41) is 2.29. The number of nitrogens with zero attached hydrogens (tertiary/aromatic N) is 1. The molecule has 1 amide bonds. The van der Waals surface area contributed by atoms with Gasteiger partial charge in [-0.2, -0.15) is 0 Å². The Kier molecular flexibility index (Phi) is 9.80. The van der Waals surface area contributed by atoms with Crippen molar-refractivity contribution >= 4 is 28.6 Å². The van der Waals surface area contributed by atoms with E-state index in [2.05, 4.69) is 24.8 Å². The minimum Gasteiger partial charge on any atom is -0.497 e. The minimum absolute atomic E-state index is 0.0295. The topological polar surface area (TPSA) is 91.4 Å². The third-order valence-corrected chi connectivity index (χ3v) is 9.40. The summed E-state index contributed by atoms with van der Waals surface area (Å²) in [6.45, 7) is 9.53. The minimum atomic E-state index is -0.782. The summed E-state index contributed by atoms with van der Waals surface area (Å²) in [7, 11) is 3.03. The van der Waals surface area contributed by atoms with E-state index >= 15 is 0 Å². The van der Waals surface area contributed by atoms with Crippen LogP contribution < -0.4 is 9.47 Å². The molecule has 0 N–H and O–H groups in total. The molecule has 45 heavy (non-hydrogen) atoms. The smallest absolute Gasteiger partial charge is 0.328 e. The van der Waals surface area contributed by atoms with Crippen LogP contribution in [0.15, 0.2) is 36.9 Å². The lowest BCUT2D eigenvalue weighted by molar-refractivity contribution is -0.159. The number of likely N-dealkylation sites (tertiary alicyclic amines) is 1. The van der Waals surface area contributed by atoms with Gasteiger partial charge in [0.25, 0.3) is 0 Å². The number of allylic oxidation sites excluding steroid dienone is 1. The Morgan fingerprint density at radius 3 is 2.58 bits per heavy atom. The molecular formula is C37H49NO7. The first-order valence-corrected chi connectivity index (χ1v) is 16.5. The monoisotopic (exact) mass is 619 g/mol. The molecule has 1 spiro atoms. The largest absolute Gasteiger partial charge is 0.497 e. The number of rotatable bonds is 12. The van der Waals surface area contributed by atoms with Crippen molar-refractivity contribution in [3.05, 3.63) is 48.0 Å². The molecule has 2 aliphatic heterocycles. The van der Waals surface area contributed by atoms with E-state index in [-0.39, 0.29) is 18.9 Å². The fraction of sp³-hybridized carbons (Fsp3) is 0.595. The lowest BCUT2D eigenvalue weighted by Gasteiger charge is -2.37. The van der Waals surface area contributed by atoms with Crippen molar-refractivity contribution in [3.8, 4) is 11.5 Å². The zero-order valence-corrected chi connectivity index (χ0v) is 27.6. The van der Waals surface area contributed by atoms with Crippen LogP contribution >= 0.6 is 0 Å². The third kappa shape index (κ3) is 7.47. The van der Waals surface area contributed by atoms with Crippen molar-refractivity contribution in [1.82, 2.24) is 4.90 Å². The number of ether oxygens (including phenoxy) is 4. The molecule has 1 saturated carbocycles. The average Bonchev–Trinajstić information content (AvgIpc) is 3.79. The van der Waals surface area contributed by atoms with Gasteiger partial charge in [0.1, 0.15) is 28.7 Å². The zero-order chi connectivity index (χ0) is 32.4. The fourth-order valence-electron chi connectivity index (χ4n) is 7.03. The summed E-state index contributed by atoms with van der Waals surface area (Å²) in [5.74, 6) is 0.479. The molecule has 0 unspecified atom stereocenters. The van der Waals surface area contributed by atoms with E-state index < -0.39 is 35.1 Å². The highest BCUT2D eigenvalue weighted by Gasteiger charge is 2.54. The zero-order valence-electron chi connectivity index (χ0n) is 27.6. The molecule has 2 heterocycles. The number of esters is 2. The van der Waals surface area contributed by atoms with Crippen molar-refractivity contribution < 1.29 is 33.3 Å². The molecule has 1 aliphatic carbocycles. The van der Waals surface area contributed by atoms with Crippen LogP contribution in [0.2, 0.25) is 0 Å². The third-order valence-electron chi connectivity index (χ3n) is 9.40. The second-order valence-corrected chi connectivity index (χ2v) is 14.0. The van der Waals surface area contributed by atoms with E-state index in [4.69, 9.17) is 18.9 Å². The van der Waals surface area contributed by atoms with E-state index in [1.165, 1.54) is 23.6 Å². The van der Waals surface area contributed by atoms with Crippen LogP contribution in [-0.4, -0.2) is 60.8 Å². The highest BCUT2D eigenvalue weighted by atomic mass is 16.6. The molecule has 5 rings (SSSR count). The van der Waals surface area contributed by atoms with Gasteiger partial charge >= 0.3 is 11.9 Å². The van der Waals surface area contributed by atoms with Gasteiger partial charge in [0.05, 0.1) is 27.2 Å². The van der Waals surface area contributed by atoms with Crippen LogP contribution in [0.25, 0.3) is 10.8 Å².